The molecule has 1 aromatic heterocycles. The summed E-state index contributed by atoms with van der Waals surface area (Å²) in [6, 6.07) is 0.621. The number of benzene rings is 1. The highest BCUT2D eigenvalue weighted by molar-refractivity contribution is 6.34. The summed E-state index contributed by atoms with van der Waals surface area (Å²) >= 11 is 11.0. The number of pyridine rings is 1. The van der Waals surface area contributed by atoms with Gasteiger partial charge in [-0.05, 0) is 6.07 Å². The van der Waals surface area contributed by atoms with Gasteiger partial charge in [-0.1, -0.05) is 23.2 Å². The van der Waals surface area contributed by atoms with Gasteiger partial charge in [-0.15, -0.1) is 0 Å². The molecule has 162 valence electrons. The summed E-state index contributed by atoms with van der Waals surface area (Å²) in [5.41, 5.74) is -3.43. The van der Waals surface area contributed by atoms with Crippen LogP contribution in [0.2, 0.25) is 10.2 Å². The molecule has 0 aliphatic carbocycles. The van der Waals surface area contributed by atoms with Crippen molar-refractivity contribution in [1.82, 2.24) is 4.98 Å². The molecule has 17 heteroatoms. The second kappa shape index (κ2) is 7.98. The third-order valence-corrected chi connectivity index (χ3v) is 3.93. The Kier molecular flexibility index (Phi) is 6.18. The Morgan fingerprint density at radius 2 is 1.43 bits per heavy atom. The Morgan fingerprint density at radius 1 is 0.867 bits per heavy atom. The fourth-order valence-corrected chi connectivity index (χ4v) is 2.54. The lowest BCUT2D eigenvalue weighted by atomic mass is 10.1. The molecule has 2 aromatic rings. The Morgan fingerprint density at radius 3 is 1.90 bits per heavy atom. The standard InChI is InChI=1S/C13H5Cl2F6N5O4/c14-7-3-6(13(19,20)21)10(15)22-11(7)24-23-9-5(12(16,17)18)1-4(25(27)28)2-8(9)26(29)30/h1-3,23H,(H,22,24). The normalized spacial score (nSPS) is 11.9. The maximum Gasteiger partial charge on any atom is 0.419 e. The highest BCUT2D eigenvalue weighted by Crippen LogP contribution is 2.43. The molecule has 9 nitrogen and oxygen atoms in total. The molecule has 0 aliphatic heterocycles. The zero-order chi connectivity index (χ0) is 23.0. The number of nitrogens with one attached hydrogen (secondary N) is 2. The first kappa shape index (κ1) is 23.2. The maximum absolute atomic E-state index is 13.3. The first-order chi connectivity index (χ1) is 13.6. The van der Waals surface area contributed by atoms with Crippen molar-refractivity contribution in [1.29, 1.82) is 0 Å². The monoisotopic (exact) mass is 479 g/mol. The van der Waals surface area contributed by atoms with Crippen molar-refractivity contribution >= 4 is 46.1 Å². The number of hydrogen-bond donors (Lipinski definition) is 2. The number of nitro groups is 2. The average Bonchev–Trinajstić information content (AvgIpc) is 2.59. The predicted molar refractivity (Wildman–Crippen MR) is 91.3 cm³/mol. The third kappa shape index (κ3) is 4.91. The summed E-state index contributed by atoms with van der Waals surface area (Å²) in [6.45, 7) is 0. The van der Waals surface area contributed by atoms with E-state index in [1.807, 2.05) is 5.43 Å². The van der Waals surface area contributed by atoms with Crippen LogP contribution in [0.25, 0.3) is 0 Å². The summed E-state index contributed by atoms with van der Waals surface area (Å²) < 4.78 is 78.2. The van der Waals surface area contributed by atoms with Crippen LogP contribution < -0.4 is 10.9 Å². The number of non-ortho nitro benzene ring substituents is 1. The Labute approximate surface area is 170 Å². The predicted octanol–water partition coefficient (Wildman–Crippen LogP) is 5.68. The van der Waals surface area contributed by atoms with Gasteiger partial charge >= 0.3 is 18.0 Å². The van der Waals surface area contributed by atoms with Crippen molar-refractivity contribution in [2.45, 2.75) is 12.4 Å². The molecule has 2 rings (SSSR count). The fraction of sp³-hybridized carbons (Fsp3) is 0.154. The fourth-order valence-electron chi connectivity index (χ4n) is 2.09. The van der Waals surface area contributed by atoms with Crippen LogP contribution in [0.1, 0.15) is 11.1 Å². The summed E-state index contributed by atoms with van der Waals surface area (Å²) in [5, 5.41) is 20.1. The van der Waals surface area contributed by atoms with Gasteiger partial charge in [-0.2, -0.15) is 26.3 Å². The molecule has 2 N–H and O–H groups in total. The number of hydrogen-bond acceptors (Lipinski definition) is 7. The molecule has 1 aromatic carbocycles. The topological polar surface area (TPSA) is 123 Å². The lowest BCUT2D eigenvalue weighted by molar-refractivity contribution is -0.394. The summed E-state index contributed by atoms with van der Waals surface area (Å²) in [6.07, 6.45) is -10.2. The number of aromatic nitrogens is 1. The molecule has 0 radical (unpaired) electrons. The number of alkyl halides is 6. The zero-order valence-electron chi connectivity index (χ0n) is 13.7. The van der Waals surface area contributed by atoms with Gasteiger partial charge in [0, 0.05) is 6.07 Å². The van der Waals surface area contributed by atoms with Crippen molar-refractivity contribution in [2.75, 3.05) is 10.9 Å². The van der Waals surface area contributed by atoms with Gasteiger partial charge in [0.1, 0.15) is 10.8 Å². The highest BCUT2D eigenvalue weighted by Gasteiger charge is 2.40. The van der Waals surface area contributed by atoms with Crippen LogP contribution in [0, 0.1) is 20.2 Å². The second-order valence-corrected chi connectivity index (χ2v) is 6.07. The number of nitro benzene ring substituents is 2. The van der Waals surface area contributed by atoms with E-state index in [0.29, 0.717) is 6.07 Å². The van der Waals surface area contributed by atoms with Crippen LogP contribution in [-0.2, 0) is 12.4 Å². The van der Waals surface area contributed by atoms with Gasteiger partial charge in [0.15, 0.2) is 5.82 Å². The van der Waals surface area contributed by atoms with Gasteiger partial charge in [0.05, 0.1) is 32.1 Å². The van der Waals surface area contributed by atoms with Crippen molar-refractivity contribution in [3.63, 3.8) is 0 Å². The van der Waals surface area contributed by atoms with E-state index in [0.717, 1.165) is 0 Å². The number of halogens is 8. The van der Waals surface area contributed by atoms with E-state index < -0.39 is 66.4 Å². The maximum atomic E-state index is 13.3. The molecule has 0 spiro atoms. The number of hydrazine groups is 1. The molecule has 0 unspecified atom stereocenters. The smallest absolute Gasteiger partial charge is 0.293 e. The number of nitrogens with zero attached hydrogens (tertiary/aromatic N) is 3. The molecule has 0 amide bonds. The van der Waals surface area contributed by atoms with Crippen LogP contribution in [0.5, 0.6) is 0 Å². The van der Waals surface area contributed by atoms with E-state index >= 15 is 0 Å². The number of rotatable bonds is 5. The van der Waals surface area contributed by atoms with Crippen LogP contribution in [-0.4, -0.2) is 14.8 Å². The van der Waals surface area contributed by atoms with Gasteiger partial charge < -0.3 is 0 Å². The molecular weight excluding hydrogens is 475 g/mol. The van der Waals surface area contributed by atoms with E-state index in [9.17, 15) is 46.6 Å². The first-order valence-corrected chi connectivity index (χ1v) is 7.87. The van der Waals surface area contributed by atoms with Gasteiger partial charge in [0.25, 0.3) is 5.69 Å². The van der Waals surface area contributed by atoms with Gasteiger partial charge in [-0.25, -0.2) is 4.98 Å². The lowest BCUT2D eigenvalue weighted by Gasteiger charge is -2.17. The van der Waals surface area contributed by atoms with Crippen LogP contribution in [0.15, 0.2) is 18.2 Å². The summed E-state index contributed by atoms with van der Waals surface area (Å²) in [4.78, 5) is 22.6. The Bertz CT molecular complexity index is 1030. The molecule has 1 heterocycles. The Balaban J connectivity index is 2.54. The second-order valence-electron chi connectivity index (χ2n) is 5.30. The molecule has 0 saturated heterocycles. The molecule has 0 fully saturated rings. The minimum atomic E-state index is -5.28. The van der Waals surface area contributed by atoms with Crippen molar-refractivity contribution in [3.05, 3.63) is 59.7 Å². The highest BCUT2D eigenvalue weighted by atomic mass is 35.5. The largest absolute Gasteiger partial charge is 0.419 e. The molecule has 0 saturated carbocycles. The first-order valence-electron chi connectivity index (χ1n) is 7.12. The minimum absolute atomic E-state index is 0.0335. The SMILES string of the molecule is O=[N+]([O-])c1cc([N+](=O)[O-])c(NNc2nc(Cl)c(C(F)(F)F)cc2Cl)c(C(F)(F)F)c1. The Hall–Kier alpha value is -3.07. The molecular formula is C13H5Cl2F6N5O4. The van der Waals surface area contributed by atoms with Crippen molar-refractivity contribution in [2.24, 2.45) is 0 Å². The zero-order valence-corrected chi connectivity index (χ0v) is 15.2. The van der Waals surface area contributed by atoms with E-state index in [1.54, 1.807) is 5.43 Å². The van der Waals surface area contributed by atoms with Gasteiger partial charge in [0.2, 0.25) is 0 Å². The van der Waals surface area contributed by atoms with Crippen molar-refractivity contribution < 1.29 is 36.2 Å². The van der Waals surface area contributed by atoms with Gasteiger partial charge in [-0.3, -0.25) is 31.1 Å². The summed E-state index contributed by atoms with van der Waals surface area (Å²) in [7, 11) is 0. The molecule has 30 heavy (non-hydrogen) atoms. The quantitative estimate of drug-likeness (QED) is 0.244. The van der Waals surface area contributed by atoms with E-state index in [-0.39, 0.29) is 12.1 Å². The lowest BCUT2D eigenvalue weighted by Crippen LogP contribution is -2.18. The summed E-state index contributed by atoms with van der Waals surface area (Å²) in [5.74, 6) is -0.699. The average molecular weight is 480 g/mol. The third-order valence-electron chi connectivity index (χ3n) is 3.36. The van der Waals surface area contributed by atoms with Crippen LogP contribution in [0.4, 0.5) is 49.2 Å². The van der Waals surface area contributed by atoms with Crippen LogP contribution >= 0.6 is 23.2 Å². The number of anilines is 2. The molecule has 0 aliphatic rings. The molecule has 0 bridgehead atoms. The minimum Gasteiger partial charge on any atom is -0.293 e. The van der Waals surface area contributed by atoms with E-state index in [4.69, 9.17) is 23.2 Å². The van der Waals surface area contributed by atoms with Crippen LogP contribution in [0.3, 0.4) is 0 Å². The molecule has 0 atom stereocenters. The van der Waals surface area contributed by atoms with Crippen molar-refractivity contribution in [3.8, 4) is 0 Å². The van der Waals surface area contributed by atoms with E-state index in [1.165, 1.54) is 0 Å². The van der Waals surface area contributed by atoms with E-state index in [2.05, 4.69) is 4.98 Å².